The average Bonchev–Trinajstić information content (AvgIpc) is 3.06. The molecule has 0 bridgehead atoms. The molecule has 0 amide bonds. The molecule has 3 heterocycles. The Morgan fingerprint density at radius 3 is 2.45 bits per heavy atom. The summed E-state index contributed by atoms with van der Waals surface area (Å²) in [5, 5.41) is 9.11. The van der Waals surface area contributed by atoms with E-state index in [0.717, 1.165) is 0 Å². The van der Waals surface area contributed by atoms with Crippen LogP contribution in [0.4, 0.5) is 0 Å². The summed E-state index contributed by atoms with van der Waals surface area (Å²) in [6, 6.07) is 1.85. The molecule has 0 aliphatic heterocycles. The van der Waals surface area contributed by atoms with Gasteiger partial charge < -0.3 is 0 Å². The van der Waals surface area contributed by atoms with Crippen LogP contribution in [0.1, 0.15) is 40.7 Å². The van der Waals surface area contributed by atoms with Crippen molar-refractivity contribution in [3.8, 4) is 11.5 Å². The van der Waals surface area contributed by atoms with E-state index in [4.69, 9.17) is 0 Å². The number of aromatic nitrogens is 6. The molecule has 3 aromatic heterocycles. The maximum Gasteiger partial charge on any atom is 0.297 e. The fourth-order valence-corrected chi connectivity index (χ4v) is 2.36. The molecule has 22 heavy (non-hydrogen) atoms. The highest BCUT2D eigenvalue weighted by atomic mass is 16.1. The van der Waals surface area contributed by atoms with Crippen LogP contribution in [0, 0.1) is 0 Å². The maximum absolute atomic E-state index is 12.6. The highest BCUT2D eigenvalue weighted by molar-refractivity contribution is 5.50. The molecule has 3 aromatic rings. The van der Waals surface area contributed by atoms with Gasteiger partial charge in [-0.15, -0.1) is 5.10 Å². The van der Waals surface area contributed by atoms with E-state index in [1.54, 1.807) is 17.0 Å². The first-order chi connectivity index (χ1) is 10.3. The van der Waals surface area contributed by atoms with Crippen LogP contribution in [0.3, 0.4) is 0 Å². The van der Waals surface area contributed by atoms with Crippen molar-refractivity contribution in [2.24, 2.45) is 0 Å². The van der Waals surface area contributed by atoms with Crippen molar-refractivity contribution in [1.29, 1.82) is 0 Å². The van der Waals surface area contributed by atoms with Gasteiger partial charge in [-0.1, -0.05) is 0 Å². The predicted octanol–water partition coefficient (Wildman–Crippen LogP) is 2.09. The van der Waals surface area contributed by atoms with Crippen LogP contribution in [0.5, 0.6) is 0 Å². The summed E-state index contributed by atoms with van der Waals surface area (Å²) >= 11 is 0. The lowest BCUT2D eigenvalue weighted by atomic mass is 10.1. The number of hydrogen-bond acceptors (Lipinski definition) is 4. The molecular formula is C15H20N6O. The fourth-order valence-electron chi connectivity index (χ4n) is 2.36. The third-order valence-electron chi connectivity index (χ3n) is 3.48. The second kappa shape index (κ2) is 4.79. The Morgan fingerprint density at radius 2 is 1.86 bits per heavy atom. The molecule has 7 nitrogen and oxygen atoms in total. The van der Waals surface area contributed by atoms with Crippen molar-refractivity contribution in [2.45, 2.75) is 46.2 Å². The zero-order chi connectivity index (χ0) is 16.1. The third kappa shape index (κ3) is 2.22. The summed E-state index contributed by atoms with van der Waals surface area (Å²) in [6.45, 7) is 10.1. The molecule has 0 saturated carbocycles. The van der Waals surface area contributed by atoms with Crippen LogP contribution >= 0.6 is 0 Å². The quantitative estimate of drug-likeness (QED) is 0.726. The number of hydrogen-bond donors (Lipinski definition) is 0. The van der Waals surface area contributed by atoms with Gasteiger partial charge in [0.1, 0.15) is 5.69 Å². The van der Waals surface area contributed by atoms with E-state index in [1.807, 2.05) is 30.8 Å². The Labute approximate surface area is 128 Å². The van der Waals surface area contributed by atoms with E-state index < -0.39 is 0 Å². The van der Waals surface area contributed by atoms with Crippen LogP contribution < -0.4 is 5.56 Å². The number of rotatable bonds is 2. The van der Waals surface area contributed by atoms with Crippen molar-refractivity contribution in [3.63, 3.8) is 0 Å². The minimum Gasteiger partial charge on any atom is -0.284 e. The lowest BCUT2D eigenvalue weighted by Crippen LogP contribution is -2.28. The largest absolute Gasteiger partial charge is 0.297 e. The first-order valence-electron chi connectivity index (χ1n) is 7.31. The number of fused-ring (bicyclic) bond motifs is 1. The van der Waals surface area contributed by atoms with Crippen LogP contribution in [0.15, 0.2) is 29.5 Å². The van der Waals surface area contributed by atoms with E-state index in [-0.39, 0.29) is 17.1 Å². The van der Waals surface area contributed by atoms with Gasteiger partial charge >= 0.3 is 0 Å². The molecule has 0 aliphatic carbocycles. The van der Waals surface area contributed by atoms with E-state index in [9.17, 15) is 4.79 Å². The standard InChI is InChI=1S/C15H20N6O/c1-10(2)21-12(11-6-8-20(17-11)15(3,4)5)18-19-9-7-16-13(19)14(21)22/h6-10H,1-5H3. The summed E-state index contributed by atoms with van der Waals surface area (Å²) < 4.78 is 5.02. The van der Waals surface area contributed by atoms with Crippen LogP contribution in [0.25, 0.3) is 17.2 Å². The normalized spacial score (nSPS) is 12.5. The zero-order valence-electron chi connectivity index (χ0n) is 13.5. The third-order valence-corrected chi connectivity index (χ3v) is 3.48. The van der Waals surface area contributed by atoms with Crippen LogP contribution in [0.2, 0.25) is 0 Å². The summed E-state index contributed by atoms with van der Waals surface area (Å²) in [5.41, 5.74) is 0.722. The second-order valence-electron chi connectivity index (χ2n) is 6.60. The molecule has 0 unspecified atom stereocenters. The van der Waals surface area contributed by atoms with Gasteiger partial charge in [-0.25, -0.2) is 9.50 Å². The minimum absolute atomic E-state index is 0.0310. The lowest BCUT2D eigenvalue weighted by molar-refractivity contribution is 0.356. The van der Waals surface area contributed by atoms with E-state index in [2.05, 4.69) is 36.0 Å². The summed E-state index contributed by atoms with van der Waals surface area (Å²) in [4.78, 5) is 16.7. The van der Waals surface area contributed by atoms with Gasteiger partial charge in [0.2, 0.25) is 5.65 Å². The Kier molecular flexibility index (Phi) is 3.16. The monoisotopic (exact) mass is 300 g/mol. The summed E-state index contributed by atoms with van der Waals surface area (Å²) in [7, 11) is 0. The van der Waals surface area contributed by atoms with Crippen LogP contribution in [-0.2, 0) is 5.54 Å². The second-order valence-corrected chi connectivity index (χ2v) is 6.60. The van der Waals surface area contributed by atoms with Crippen LogP contribution in [-0.4, -0.2) is 28.9 Å². The Balaban J connectivity index is 2.28. The lowest BCUT2D eigenvalue weighted by Gasteiger charge is -2.19. The average molecular weight is 300 g/mol. The number of nitrogens with zero attached hydrogens (tertiary/aromatic N) is 6. The Bertz CT molecular complexity index is 877. The van der Waals surface area contributed by atoms with Gasteiger partial charge in [0.25, 0.3) is 5.56 Å². The maximum atomic E-state index is 12.6. The Hall–Kier alpha value is -2.44. The van der Waals surface area contributed by atoms with Gasteiger partial charge in [-0.3, -0.25) is 14.0 Å². The van der Waals surface area contributed by atoms with Gasteiger partial charge in [0, 0.05) is 24.6 Å². The van der Waals surface area contributed by atoms with E-state index in [0.29, 0.717) is 17.2 Å². The zero-order valence-corrected chi connectivity index (χ0v) is 13.5. The Morgan fingerprint density at radius 1 is 1.14 bits per heavy atom. The smallest absolute Gasteiger partial charge is 0.284 e. The van der Waals surface area contributed by atoms with Gasteiger partial charge in [-0.2, -0.15) is 5.10 Å². The molecule has 3 rings (SSSR count). The molecule has 116 valence electrons. The van der Waals surface area contributed by atoms with Crippen molar-refractivity contribution in [2.75, 3.05) is 0 Å². The molecule has 0 radical (unpaired) electrons. The van der Waals surface area contributed by atoms with E-state index >= 15 is 0 Å². The molecule has 0 spiro atoms. The molecular weight excluding hydrogens is 280 g/mol. The van der Waals surface area contributed by atoms with Gasteiger partial charge in [0.15, 0.2) is 5.82 Å². The molecule has 0 fully saturated rings. The molecule has 7 heteroatoms. The first kappa shape index (κ1) is 14.5. The van der Waals surface area contributed by atoms with Crippen molar-refractivity contribution >= 4 is 5.65 Å². The van der Waals surface area contributed by atoms with E-state index in [1.165, 1.54) is 4.52 Å². The van der Waals surface area contributed by atoms with Crippen molar-refractivity contribution in [1.82, 2.24) is 28.9 Å². The highest BCUT2D eigenvalue weighted by Crippen LogP contribution is 2.20. The molecule has 0 atom stereocenters. The summed E-state index contributed by atoms with van der Waals surface area (Å²) in [5.74, 6) is 0.550. The van der Waals surface area contributed by atoms with Gasteiger partial charge in [0.05, 0.1) is 5.54 Å². The molecule has 0 saturated heterocycles. The summed E-state index contributed by atoms with van der Waals surface area (Å²) in [6.07, 6.45) is 5.15. The minimum atomic E-state index is -0.157. The predicted molar refractivity (Wildman–Crippen MR) is 83.8 cm³/mol. The fraction of sp³-hybridized carbons (Fsp3) is 0.467. The molecule has 0 N–H and O–H groups in total. The first-order valence-corrected chi connectivity index (χ1v) is 7.31. The van der Waals surface area contributed by atoms with Crippen molar-refractivity contribution in [3.05, 3.63) is 35.0 Å². The topological polar surface area (TPSA) is 70.0 Å². The molecule has 0 aliphatic rings. The van der Waals surface area contributed by atoms with Gasteiger partial charge in [-0.05, 0) is 40.7 Å². The SMILES string of the molecule is CC(C)n1c(-c2ccn(C(C)(C)C)n2)nn2ccnc2c1=O. The molecule has 0 aromatic carbocycles. The highest BCUT2D eigenvalue weighted by Gasteiger charge is 2.20. The number of imidazole rings is 1. The van der Waals surface area contributed by atoms with Crippen molar-refractivity contribution < 1.29 is 0 Å².